The van der Waals surface area contributed by atoms with E-state index in [1.165, 1.54) is 16.0 Å². The third-order valence-electron chi connectivity index (χ3n) is 2.61. The molecule has 16 heavy (non-hydrogen) atoms. The highest BCUT2D eigenvalue weighted by Gasteiger charge is 2.10. The lowest BCUT2D eigenvalue weighted by Gasteiger charge is -2.03. The Morgan fingerprint density at radius 1 is 1.31 bits per heavy atom. The first-order valence-electron chi connectivity index (χ1n) is 5.64. The van der Waals surface area contributed by atoms with Crippen LogP contribution in [0.3, 0.4) is 0 Å². The largest absolute Gasteiger partial charge is 0.467 e. The molecule has 0 bridgehead atoms. The molecule has 3 heteroatoms. The topological polar surface area (TPSA) is 25.2 Å². The van der Waals surface area contributed by atoms with Crippen LogP contribution in [-0.4, -0.2) is 6.54 Å². The Balaban J connectivity index is 2.16. The van der Waals surface area contributed by atoms with Crippen molar-refractivity contribution in [2.45, 2.75) is 26.8 Å². The van der Waals surface area contributed by atoms with Crippen molar-refractivity contribution in [1.82, 2.24) is 5.32 Å². The second kappa shape index (κ2) is 5.32. The molecule has 2 aromatic rings. The molecule has 86 valence electrons. The van der Waals surface area contributed by atoms with Gasteiger partial charge in [-0.2, -0.15) is 0 Å². The van der Waals surface area contributed by atoms with E-state index in [2.05, 4.69) is 36.7 Å². The van der Waals surface area contributed by atoms with E-state index in [0.717, 1.165) is 25.3 Å². The average Bonchev–Trinajstić information content (AvgIpc) is 2.87. The number of thiophene rings is 1. The van der Waals surface area contributed by atoms with Crippen LogP contribution in [0.1, 0.15) is 24.0 Å². The molecule has 0 atom stereocenters. The van der Waals surface area contributed by atoms with Crippen LogP contribution in [0.2, 0.25) is 0 Å². The fraction of sp³-hybridized carbons (Fsp3) is 0.385. The molecule has 0 aromatic carbocycles. The second-order valence-corrected chi connectivity index (χ2v) is 4.94. The molecular weight excluding hydrogens is 218 g/mol. The van der Waals surface area contributed by atoms with Gasteiger partial charge in [0, 0.05) is 10.4 Å². The predicted molar refractivity (Wildman–Crippen MR) is 68.8 cm³/mol. The van der Waals surface area contributed by atoms with Crippen LogP contribution in [0, 0.1) is 6.92 Å². The van der Waals surface area contributed by atoms with Gasteiger partial charge in [-0.05, 0) is 43.0 Å². The molecule has 0 spiro atoms. The summed E-state index contributed by atoms with van der Waals surface area (Å²) in [6.45, 7) is 6.16. The van der Waals surface area contributed by atoms with Gasteiger partial charge in [-0.1, -0.05) is 6.92 Å². The van der Waals surface area contributed by atoms with Crippen molar-refractivity contribution in [2.75, 3.05) is 6.54 Å². The van der Waals surface area contributed by atoms with Gasteiger partial charge in [-0.15, -0.1) is 11.3 Å². The van der Waals surface area contributed by atoms with Gasteiger partial charge in [0.15, 0.2) is 0 Å². The smallest absolute Gasteiger partial charge is 0.125 e. The maximum atomic E-state index is 5.53. The summed E-state index contributed by atoms with van der Waals surface area (Å²) in [5.74, 6) is 1.04. The summed E-state index contributed by atoms with van der Waals surface area (Å²) in [6.07, 6.45) is 2.92. The minimum atomic E-state index is 0.811. The highest BCUT2D eigenvalue weighted by Crippen LogP contribution is 2.30. The molecule has 0 fully saturated rings. The van der Waals surface area contributed by atoms with Crippen LogP contribution < -0.4 is 5.32 Å². The quantitative estimate of drug-likeness (QED) is 0.797. The maximum absolute atomic E-state index is 5.53. The van der Waals surface area contributed by atoms with Gasteiger partial charge >= 0.3 is 0 Å². The summed E-state index contributed by atoms with van der Waals surface area (Å²) in [4.78, 5) is 1.35. The molecule has 0 aliphatic heterocycles. The summed E-state index contributed by atoms with van der Waals surface area (Å²) in [7, 11) is 0. The fourth-order valence-corrected chi connectivity index (χ4v) is 2.47. The number of furan rings is 1. The van der Waals surface area contributed by atoms with E-state index < -0.39 is 0 Å². The number of nitrogens with one attached hydrogen (secondary N) is 1. The average molecular weight is 235 g/mol. The first-order valence-corrected chi connectivity index (χ1v) is 6.52. The second-order valence-electron chi connectivity index (χ2n) is 3.82. The van der Waals surface area contributed by atoms with Crippen LogP contribution in [0.25, 0.3) is 11.1 Å². The lowest BCUT2D eigenvalue weighted by Crippen LogP contribution is -2.13. The van der Waals surface area contributed by atoms with Crippen LogP contribution in [0.15, 0.2) is 28.2 Å². The fourth-order valence-electron chi connectivity index (χ4n) is 1.76. The van der Waals surface area contributed by atoms with E-state index in [9.17, 15) is 0 Å². The van der Waals surface area contributed by atoms with Gasteiger partial charge in [-0.25, -0.2) is 0 Å². The van der Waals surface area contributed by atoms with E-state index in [1.54, 1.807) is 17.6 Å². The molecule has 0 amide bonds. The van der Waals surface area contributed by atoms with Gasteiger partial charge in [0.25, 0.3) is 0 Å². The third-order valence-corrected chi connectivity index (χ3v) is 3.45. The zero-order chi connectivity index (χ0) is 11.4. The first kappa shape index (κ1) is 11.4. The Hall–Kier alpha value is -1.06. The Kier molecular flexibility index (Phi) is 3.80. The summed E-state index contributed by atoms with van der Waals surface area (Å²) < 4.78 is 5.53. The SMILES string of the molecule is CCCNCc1occc1-c1ccsc1C. The van der Waals surface area contributed by atoms with Crippen molar-refractivity contribution in [3.05, 3.63) is 34.4 Å². The Morgan fingerprint density at radius 3 is 2.88 bits per heavy atom. The number of hydrogen-bond donors (Lipinski definition) is 1. The minimum absolute atomic E-state index is 0.811. The van der Waals surface area contributed by atoms with Gasteiger partial charge < -0.3 is 9.73 Å². The standard InChI is InChI=1S/C13H17NOS/c1-3-6-14-9-13-12(4-7-15-13)11-5-8-16-10(11)2/h4-5,7-8,14H,3,6,9H2,1-2H3. The zero-order valence-corrected chi connectivity index (χ0v) is 10.6. The summed E-state index contributed by atoms with van der Waals surface area (Å²) in [5.41, 5.74) is 2.52. The van der Waals surface area contributed by atoms with Crippen molar-refractivity contribution >= 4 is 11.3 Å². The van der Waals surface area contributed by atoms with E-state index in [0.29, 0.717) is 0 Å². The van der Waals surface area contributed by atoms with E-state index >= 15 is 0 Å². The predicted octanol–water partition coefficient (Wildman–Crippen LogP) is 3.82. The van der Waals surface area contributed by atoms with Crippen molar-refractivity contribution in [2.24, 2.45) is 0 Å². The highest BCUT2D eigenvalue weighted by atomic mass is 32.1. The lowest BCUT2D eigenvalue weighted by atomic mass is 10.1. The Bertz CT molecular complexity index is 444. The molecule has 2 aromatic heterocycles. The van der Waals surface area contributed by atoms with Gasteiger partial charge in [-0.3, -0.25) is 0 Å². The minimum Gasteiger partial charge on any atom is -0.467 e. The normalized spacial score (nSPS) is 10.9. The highest BCUT2D eigenvalue weighted by molar-refractivity contribution is 7.10. The first-order chi connectivity index (χ1) is 7.83. The van der Waals surface area contributed by atoms with Gasteiger partial charge in [0.1, 0.15) is 5.76 Å². The molecule has 2 rings (SSSR count). The summed E-state index contributed by atoms with van der Waals surface area (Å²) in [6, 6.07) is 4.21. The summed E-state index contributed by atoms with van der Waals surface area (Å²) >= 11 is 1.78. The molecule has 0 saturated heterocycles. The van der Waals surface area contributed by atoms with Crippen molar-refractivity contribution in [1.29, 1.82) is 0 Å². The maximum Gasteiger partial charge on any atom is 0.125 e. The molecular formula is C13H17NOS. The Morgan fingerprint density at radius 2 is 2.19 bits per heavy atom. The number of rotatable bonds is 5. The van der Waals surface area contributed by atoms with Gasteiger partial charge in [0.2, 0.25) is 0 Å². The molecule has 0 saturated carbocycles. The molecule has 2 heterocycles. The van der Waals surface area contributed by atoms with Crippen LogP contribution in [0.5, 0.6) is 0 Å². The zero-order valence-electron chi connectivity index (χ0n) is 9.75. The molecule has 0 radical (unpaired) electrons. The Labute approximate surface area is 100 Å². The summed E-state index contributed by atoms with van der Waals surface area (Å²) in [5, 5.41) is 5.49. The molecule has 0 unspecified atom stereocenters. The molecule has 2 nitrogen and oxygen atoms in total. The van der Waals surface area contributed by atoms with Crippen molar-refractivity contribution < 1.29 is 4.42 Å². The van der Waals surface area contributed by atoms with E-state index in [1.807, 2.05) is 0 Å². The molecule has 0 aliphatic rings. The lowest BCUT2D eigenvalue weighted by molar-refractivity contribution is 0.484. The monoisotopic (exact) mass is 235 g/mol. The number of hydrogen-bond acceptors (Lipinski definition) is 3. The van der Waals surface area contributed by atoms with Crippen LogP contribution in [-0.2, 0) is 6.54 Å². The number of aryl methyl sites for hydroxylation is 1. The molecule has 0 aliphatic carbocycles. The molecule has 1 N–H and O–H groups in total. The van der Waals surface area contributed by atoms with Crippen LogP contribution >= 0.6 is 11.3 Å². The van der Waals surface area contributed by atoms with Crippen molar-refractivity contribution in [3.63, 3.8) is 0 Å². The van der Waals surface area contributed by atoms with E-state index in [-0.39, 0.29) is 0 Å². The van der Waals surface area contributed by atoms with Gasteiger partial charge in [0.05, 0.1) is 12.8 Å². The van der Waals surface area contributed by atoms with Crippen molar-refractivity contribution in [3.8, 4) is 11.1 Å². The van der Waals surface area contributed by atoms with E-state index in [4.69, 9.17) is 4.42 Å². The van der Waals surface area contributed by atoms with Crippen LogP contribution in [0.4, 0.5) is 0 Å². The third kappa shape index (κ3) is 2.36.